The molecule has 0 spiro atoms. The van der Waals surface area contributed by atoms with E-state index < -0.39 is 39.7 Å². The molecule has 2 aromatic heterocycles. The molecule has 0 aliphatic carbocycles. The zero-order chi connectivity index (χ0) is 39.0. The highest BCUT2D eigenvalue weighted by Gasteiger charge is 2.33. The van der Waals surface area contributed by atoms with Crippen molar-refractivity contribution in [3.8, 4) is 11.3 Å². The normalized spacial score (nSPS) is 12.6. The number of likely N-dealkylation sites (N-methyl/N-ethyl adjacent to an activating group) is 1. The van der Waals surface area contributed by atoms with Crippen molar-refractivity contribution < 1.29 is 32.1 Å². The van der Waals surface area contributed by atoms with Crippen LogP contribution in [0.4, 0.5) is 0 Å². The summed E-state index contributed by atoms with van der Waals surface area (Å²) < 4.78 is 39.3. The number of hydrogen-bond acceptors (Lipinski definition) is 8. The lowest BCUT2D eigenvalue weighted by Crippen LogP contribution is -2.56. The summed E-state index contributed by atoms with van der Waals surface area (Å²) in [6, 6.07) is 28.9. The van der Waals surface area contributed by atoms with Crippen molar-refractivity contribution >= 4 is 38.6 Å². The van der Waals surface area contributed by atoms with Gasteiger partial charge in [-0.2, -0.15) is 0 Å². The number of amides is 3. The minimum Gasteiger partial charge on any atom is -0.376 e. The highest BCUT2D eigenvalue weighted by atomic mass is 32.2. The fourth-order valence-electron chi connectivity index (χ4n) is 6.45. The molecule has 0 aliphatic heterocycles. The maximum absolute atomic E-state index is 14.4. The van der Waals surface area contributed by atoms with Gasteiger partial charge < -0.3 is 24.5 Å². The fourth-order valence-corrected chi connectivity index (χ4v) is 7.34. The number of hydrogen-bond donors (Lipinski definition) is 3. The number of sulfonamides is 1. The Morgan fingerprint density at radius 3 is 2.27 bits per heavy atom. The molecule has 0 radical (unpaired) electrons. The first kappa shape index (κ1) is 38.7. The molecule has 3 N–H and O–H groups in total. The Kier molecular flexibility index (Phi) is 12.2. The van der Waals surface area contributed by atoms with Crippen molar-refractivity contribution in [3.05, 3.63) is 149 Å². The van der Waals surface area contributed by atoms with Crippen molar-refractivity contribution in [1.82, 2.24) is 25.1 Å². The molecule has 0 saturated heterocycles. The number of fused-ring (bicyclic) bond motifs is 1. The molecular formula is C42H43N5O7S. The van der Waals surface area contributed by atoms with Gasteiger partial charge in [0.1, 0.15) is 12.1 Å². The van der Waals surface area contributed by atoms with Crippen molar-refractivity contribution in [2.24, 2.45) is 0 Å². The van der Waals surface area contributed by atoms with Gasteiger partial charge in [-0.15, -0.1) is 0 Å². The van der Waals surface area contributed by atoms with Crippen LogP contribution < -0.4 is 10.0 Å². The fraction of sp³-hybridized carbons (Fsp3) is 0.238. The average Bonchev–Trinajstić information content (AvgIpc) is 3.86. The molecule has 284 valence electrons. The highest BCUT2D eigenvalue weighted by Crippen LogP contribution is 2.22. The Labute approximate surface area is 319 Å². The number of para-hydroxylation sites is 1. The third-order valence-corrected chi connectivity index (χ3v) is 10.5. The Balaban J connectivity index is 1.25. The number of aryl methyl sites for hydroxylation is 2. The Morgan fingerprint density at radius 1 is 0.855 bits per heavy atom. The zero-order valence-corrected chi connectivity index (χ0v) is 31.6. The van der Waals surface area contributed by atoms with Gasteiger partial charge in [-0.05, 0) is 48.7 Å². The smallest absolute Gasteiger partial charge is 0.256 e. The quantitative estimate of drug-likeness (QED) is 0.109. The minimum absolute atomic E-state index is 0.0328. The topological polar surface area (TPSA) is 164 Å². The Hall–Kier alpha value is -6.05. The highest BCUT2D eigenvalue weighted by molar-refractivity contribution is 7.90. The first-order valence-corrected chi connectivity index (χ1v) is 19.5. The van der Waals surface area contributed by atoms with Crippen LogP contribution in [0.15, 0.2) is 120 Å². The first-order valence-electron chi connectivity index (χ1n) is 17.8. The third kappa shape index (κ3) is 10.1. The number of benzene rings is 4. The lowest BCUT2D eigenvalue weighted by molar-refractivity contribution is -0.130. The van der Waals surface area contributed by atoms with Crippen LogP contribution >= 0.6 is 0 Å². The van der Waals surface area contributed by atoms with Gasteiger partial charge in [-0.25, -0.2) is 8.42 Å². The van der Waals surface area contributed by atoms with Crippen molar-refractivity contribution in [2.75, 3.05) is 19.4 Å². The lowest BCUT2D eigenvalue weighted by Gasteiger charge is -2.29. The van der Waals surface area contributed by atoms with Gasteiger partial charge in [0.05, 0.1) is 25.2 Å². The van der Waals surface area contributed by atoms with E-state index in [2.05, 4.69) is 20.2 Å². The molecule has 2 atom stereocenters. The van der Waals surface area contributed by atoms with Crippen LogP contribution in [0.2, 0.25) is 0 Å². The summed E-state index contributed by atoms with van der Waals surface area (Å²) in [7, 11) is -2.62. The minimum atomic E-state index is -4.16. The monoisotopic (exact) mass is 761 g/mol. The molecule has 55 heavy (non-hydrogen) atoms. The number of carbonyl (C=O) groups is 3. The molecule has 2 heterocycles. The largest absolute Gasteiger partial charge is 0.376 e. The summed E-state index contributed by atoms with van der Waals surface area (Å²) >= 11 is 0. The molecule has 0 bridgehead atoms. The second kappa shape index (κ2) is 17.4. The number of nitrogens with zero attached hydrogens (tertiary/aromatic N) is 2. The maximum Gasteiger partial charge on any atom is 0.256 e. The van der Waals surface area contributed by atoms with Gasteiger partial charge in [0, 0.05) is 54.2 Å². The molecule has 6 rings (SSSR count). The molecule has 4 aromatic carbocycles. The van der Waals surface area contributed by atoms with E-state index in [4.69, 9.17) is 9.26 Å². The number of carbonyl (C=O) groups excluding carboxylic acids is 3. The molecule has 12 nitrogen and oxygen atoms in total. The number of ether oxygens (including phenoxy) is 1. The molecular weight excluding hydrogens is 719 g/mol. The standard InChI is InChI=1S/C42H43N5O7S/c1-28-21-29(2)23-33(22-28)42(50)47(3)38(24-30-13-15-32(16-14-30)39-17-18-44-54-39)41(49)45-37(25-34-26-43-36-12-8-7-11-35(34)36)40(48)46-55(51,52)20-19-53-27-31-9-5-4-6-10-31/h4-18,21-23,26,37-38,43H,19-20,24-25,27H2,1-3H3,(H,45,49)(H,46,48)/t37-,38+/m0/s1. The summed E-state index contributed by atoms with van der Waals surface area (Å²) in [5.74, 6) is -1.84. The van der Waals surface area contributed by atoms with Crippen LogP contribution in [-0.2, 0) is 43.8 Å². The number of rotatable bonds is 16. The summed E-state index contributed by atoms with van der Waals surface area (Å²) in [6.07, 6.45) is 3.33. The van der Waals surface area contributed by atoms with E-state index in [1.807, 2.05) is 98.8 Å². The van der Waals surface area contributed by atoms with Crippen molar-refractivity contribution in [1.29, 1.82) is 0 Å². The van der Waals surface area contributed by atoms with E-state index in [0.29, 0.717) is 16.9 Å². The third-order valence-electron chi connectivity index (χ3n) is 9.26. The molecule has 13 heteroatoms. The molecule has 3 amide bonds. The first-order chi connectivity index (χ1) is 26.5. The zero-order valence-electron chi connectivity index (χ0n) is 30.8. The number of aromatic nitrogens is 2. The van der Waals surface area contributed by atoms with E-state index in [9.17, 15) is 22.8 Å². The van der Waals surface area contributed by atoms with Crippen LogP contribution in [-0.4, -0.2) is 72.7 Å². The van der Waals surface area contributed by atoms with Crippen LogP contribution in [0.3, 0.4) is 0 Å². The summed E-state index contributed by atoms with van der Waals surface area (Å²) in [5, 5.41) is 7.40. The van der Waals surface area contributed by atoms with E-state index in [1.54, 1.807) is 37.6 Å². The predicted molar refractivity (Wildman–Crippen MR) is 209 cm³/mol. The van der Waals surface area contributed by atoms with E-state index >= 15 is 0 Å². The average molecular weight is 762 g/mol. The SMILES string of the molecule is Cc1cc(C)cc(C(=O)N(C)[C@H](Cc2ccc(-c3ccno3)cc2)C(=O)N[C@@H](Cc2c[nH]c3ccccc23)C(=O)NS(=O)(=O)CCOCc2ccccc2)c1. The van der Waals surface area contributed by atoms with E-state index in [0.717, 1.165) is 38.7 Å². The Morgan fingerprint density at radius 2 is 1.56 bits per heavy atom. The van der Waals surface area contributed by atoms with Gasteiger partial charge in [-0.3, -0.25) is 19.1 Å². The number of nitrogens with one attached hydrogen (secondary N) is 3. The van der Waals surface area contributed by atoms with Crippen molar-refractivity contribution in [2.45, 2.75) is 45.4 Å². The molecule has 0 unspecified atom stereocenters. The number of aromatic amines is 1. The van der Waals surface area contributed by atoms with Gasteiger partial charge in [0.25, 0.3) is 11.8 Å². The van der Waals surface area contributed by atoms with Gasteiger partial charge >= 0.3 is 0 Å². The molecule has 0 fully saturated rings. The van der Waals surface area contributed by atoms with Crippen LogP contribution in [0, 0.1) is 13.8 Å². The van der Waals surface area contributed by atoms with Gasteiger partial charge in [0.2, 0.25) is 15.9 Å². The van der Waals surface area contributed by atoms with E-state index in [1.165, 1.54) is 4.90 Å². The second-order valence-corrected chi connectivity index (χ2v) is 15.4. The molecule has 0 saturated carbocycles. The summed E-state index contributed by atoms with van der Waals surface area (Å²) in [5.41, 5.74) is 6.10. The second-order valence-electron chi connectivity index (χ2n) is 13.5. The maximum atomic E-state index is 14.4. The lowest BCUT2D eigenvalue weighted by atomic mass is 9.99. The van der Waals surface area contributed by atoms with Crippen LogP contribution in [0.5, 0.6) is 0 Å². The molecule has 0 aliphatic rings. The Bertz CT molecular complexity index is 2340. The van der Waals surface area contributed by atoms with Gasteiger partial charge in [0.15, 0.2) is 5.76 Å². The van der Waals surface area contributed by atoms with Crippen LogP contribution in [0.1, 0.15) is 38.2 Å². The number of H-pyrrole nitrogens is 1. The predicted octanol–water partition coefficient (Wildman–Crippen LogP) is 5.51. The van der Waals surface area contributed by atoms with Crippen molar-refractivity contribution in [3.63, 3.8) is 0 Å². The van der Waals surface area contributed by atoms with E-state index in [-0.39, 0.29) is 32.0 Å². The van der Waals surface area contributed by atoms with Gasteiger partial charge in [-0.1, -0.05) is 95.1 Å². The van der Waals surface area contributed by atoms with Crippen LogP contribution in [0.25, 0.3) is 22.2 Å². The molecule has 6 aromatic rings. The summed E-state index contributed by atoms with van der Waals surface area (Å²) in [6.45, 7) is 3.84. The summed E-state index contributed by atoms with van der Waals surface area (Å²) in [4.78, 5) is 46.8.